The molecule has 4 unspecified atom stereocenters. The smallest absolute Gasteiger partial charge is 0.241 e. The molecule has 5 nitrogen and oxygen atoms in total. The summed E-state index contributed by atoms with van der Waals surface area (Å²) in [6, 6.07) is 7.40. The molecule has 0 saturated carbocycles. The molecule has 2 rings (SSSR count). The summed E-state index contributed by atoms with van der Waals surface area (Å²) < 4.78 is 17.0. The van der Waals surface area contributed by atoms with Gasteiger partial charge in [0.2, 0.25) is 5.91 Å². The van der Waals surface area contributed by atoms with Crippen LogP contribution in [0, 0.1) is 0 Å². The second-order valence-corrected chi connectivity index (χ2v) is 7.13. The molecule has 1 N–H and O–H groups in total. The molecule has 6 heteroatoms. The van der Waals surface area contributed by atoms with Gasteiger partial charge in [-0.15, -0.1) is 0 Å². The van der Waals surface area contributed by atoms with E-state index in [2.05, 4.69) is 5.32 Å². The molecule has 1 amide bonds. The summed E-state index contributed by atoms with van der Waals surface area (Å²) >= 11 is 0. The van der Waals surface area contributed by atoms with E-state index in [1.54, 1.807) is 18.3 Å². The summed E-state index contributed by atoms with van der Waals surface area (Å²) in [5.41, 5.74) is 0.923. The Bertz CT molecular complexity index is 549. The first-order chi connectivity index (χ1) is 9.95. The number of benzene rings is 1. The summed E-state index contributed by atoms with van der Waals surface area (Å²) in [5.74, 6) is 0.774. The van der Waals surface area contributed by atoms with Crippen LogP contribution in [0.25, 0.3) is 0 Å². The third-order valence-electron chi connectivity index (χ3n) is 3.83. The van der Waals surface area contributed by atoms with Crippen molar-refractivity contribution in [2.45, 2.75) is 31.3 Å². The third kappa shape index (κ3) is 3.27. The molecule has 116 valence electrons. The van der Waals surface area contributed by atoms with Gasteiger partial charge in [-0.3, -0.25) is 14.3 Å². The maximum absolute atomic E-state index is 12.4. The van der Waals surface area contributed by atoms with Gasteiger partial charge < -0.3 is 9.64 Å². The normalized spacial score (nSPS) is 25.0. The Balaban J connectivity index is 2.31. The second-order valence-electron chi connectivity index (χ2n) is 5.33. The largest absolute Gasteiger partial charge is 0.496 e. The molecular weight excluding hydrogens is 288 g/mol. The number of hydrogen-bond donors (Lipinski definition) is 1. The summed E-state index contributed by atoms with van der Waals surface area (Å²) in [5, 5.41) is 3.22. The highest BCUT2D eigenvalue weighted by molar-refractivity contribution is 7.84. The van der Waals surface area contributed by atoms with Gasteiger partial charge in [0.05, 0.1) is 13.2 Å². The molecule has 21 heavy (non-hydrogen) atoms. The summed E-state index contributed by atoms with van der Waals surface area (Å²) in [6.45, 7) is 4.20. The number of carbonyl (C=O) groups excluding carboxylic acids is 1. The highest BCUT2D eigenvalue weighted by Gasteiger charge is 2.39. The second kappa shape index (κ2) is 6.58. The topological polar surface area (TPSA) is 58.6 Å². The van der Waals surface area contributed by atoms with Crippen LogP contribution in [0.3, 0.4) is 0 Å². The van der Waals surface area contributed by atoms with Gasteiger partial charge in [0.15, 0.2) is 0 Å². The van der Waals surface area contributed by atoms with Crippen molar-refractivity contribution in [1.29, 1.82) is 0 Å². The average molecular weight is 310 g/mol. The van der Waals surface area contributed by atoms with Crippen LogP contribution in [-0.4, -0.2) is 46.2 Å². The van der Waals surface area contributed by atoms with Gasteiger partial charge in [0.1, 0.15) is 11.9 Å². The van der Waals surface area contributed by atoms with E-state index in [0.29, 0.717) is 6.54 Å². The Kier molecular flexibility index (Phi) is 5.00. The fraction of sp³-hybridized carbons (Fsp3) is 0.533. The summed E-state index contributed by atoms with van der Waals surface area (Å²) in [7, 11) is 0.654. The average Bonchev–Trinajstić information content (AvgIpc) is 2.75. The molecule has 1 aromatic carbocycles. The van der Waals surface area contributed by atoms with Gasteiger partial charge in [-0.2, -0.15) is 0 Å². The number of carbonyl (C=O) groups is 1. The lowest BCUT2D eigenvalue weighted by Crippen LogP contribution is -2.37. The lowest BCUT2D eigenvalue weighted by atomic mass is 10.1. The summed E-state index contributed by atoms with van der Waals surface area (Å²) in [6.07, 6.45) is 1.43. The molecule has 1 aliphatic rings. The number of rotatable bonds is 5. The zero-order chi connectivity index (χ0) is 15.6. The molecule has 0 bridgehead atoms. The molecule has 1 aromatic rings. The van der Waals surface area contributed by atoms with Crippen molar-refractivity contribution in [2.75, 3.05) is 19.9 Å². The Hall–Kier alpha value is -1.40. The van der Waals surface area contributed by atoms with E-state index < -0.39 is 10.8 Å². The zero-order valence-corrected chi connectivity index (χ0v) is 13.6. The van der Waals surface area contributed by atoms with Crippen LogP contribution in [0.2, 0.25) is 0 Å². The van der Waals surface area contributed by atoms with E-state index >= 15 is 0 Å². The fourth-order valence-electron chi connectivity index (χ4n) is 2.50. The molecular formula is C15H22N2O3S. The minimum Gasteiger partial charge on any atom is -0.496 e. The Labute approximate surface area is 128 Å². The Morgan fingerprint density at radius 2 is 2.10 bits per heavy atom. The maximum Gasteiger partial charge on any atom is 0.241 e. The van der Waals surface area contributed by atoms with Crippen LogP contribution in [0.15, 0.2) is 24.3 Å². The van der Waals surface area contributed by atoms with Crippen LogP contribution in [-0.2, 0) is 15.6 Å². The Morgan fingerprint density at radius 1 is 1.43 bits per heavy atom. The molecule has 1 saturated heterocycles. The lowest BCUT2D eigenvalue weighted by Gasteiger charge is -2.27. The number of para-hydroxylation sites is 1. The quantitative estimate of drug-likeness (QED) is 0.890. The minimum absolute atomic E-state index is 0.0307. The van der Waals surface area contributed by atoms with Gasteiger partial charge in [0, 0.05) is 34.4 Å². The standard InChI is InChI=1S/C15H22N2O3S/c1-10(21(4)19)9-17-14(16-11(2)15(17)18)12-7-5-6-8-13(12)20-3/h5-8,10-11,14,16H,9H2,1-4H3. The van der Waals surface area contributed by atoms with Gasteiger partial charge in [0.25, 0.3) is 0 Å². The molecule has 0 spiro atoms. The number of hydrogen-bond acceptors (Lipinski definition) is 4. The molecule has 4 atom stereocenters. The van der Waals surface area contributed by atoms with Crippen LogP contribution in [0.1, 0.15) is 25.6 Å². The zero-order valence-electron chi connectivity index (χ0n) is 12.8. The van der Waals surface area contributed by atoms with Crippen LogP contribution >= 0.6 is 0 Å². The number of methoxy groups -OCH3 is 1. The van der Waals surface area contributed by atoms with Crippen molar-refractivity contribution in [3.63, 3.8) is 0 Å². The van der Waals surface area contributed by atoms with Crippen molar-refractivity contribution in [2.24, 2.45) is 0 Å². The van der Waals surface area contributed by atoms with Crippen molar-refractivity contribution in [3.05, 3.63) is 29.8 Å². The number of nitrogens with zero attached hydrogens (tertiary/aromatic N) is 1. The predicted molar refractivity (Wildman–Crippen MR) is 83.6 cm³/mol. The van der Waals surface area contributed by atoms with Gasteiger partial charge in [-0.25, -0.2) is 0 Å². The fourth-order valence-corrected chi connectivity index (χ4v) is 2.87. The van der Waals surface area contributed by atoms with Gasteiger partial charge in [-0.1, -0.05) is 18.2 Å². The van der Waals surface area contributed by atoms with E-state index in [4.69, 9.17) is 4.74 Å². The first kappa shape index (κ1) is 16.0. The van der Waals surface area contributed by atoms with Crippen molar-refractivity contribution >= 4 is 16.7 Å². The molecule has 1 heterocycles. The van der Waals surface area contributed by atoms with E-state index in [-0.39, 0.29) is 23.4 Å². The van der Waals surface area contributed by atoms with Crippen molar-refractivity contribution < 1.29 is 13.7 Å². The number of ether oxygens (including phenoxy) is 1. The van der Waals surface area contributed by atoms with Crippen molar-refractivity contribution in [1.82, 2.24) is 10.2 Å². The minimum atomic E-state index is -0.964. The first-order valence-corrected chi connectivity index (χ1v) is 8.59. The van der Waals surface area contributed by atoms with Gasteiger partial charge in [-0.05, 0) is 19.9 Å². The monoisotopic (exact) mass is 310 g/mol. The predicted octanol–water partition coefficient (Wildman–Crippen LogP) is 1.28. The highest BCUT2D eigenvalue weighted by Crippen LogP contribution is 2.32. The van der Waals surface area contributed by atoms with E-state index in [1.807, 2.05) is 38.1 Å². The molecule has 1 aliphatic heterocycles. The van der Waals surface area contributed by atoms with Crippen LogP contribution in [0.4, 0.5) is 0 Å². The Morgan fingerprint density at radius 3 is 2.71 bits per heavy atom. The maximum atomic E-state index is 12.4. The third-order valence-corrected chi connectivity index (χ3v) is 5.11. The number of amides is 1. The van der Waals surface area contributed by atoms with Crippen LogP contribution in [0.5, 0.6) is 5.75 Å². The van der Waals surface area contributed by atoms with Crippen molar-refractivity contribution in [3.8, 4) is 5.75 Å². The summed E-state index contributed by atoms with van der Waals surface area (Å²) in [4.78, 5) is 14.1. The lowest BCUT2D eigenvalue weighted by molar-refractivity contribution is -0.129. The van der Waals surface area contributed by atoms with E-state index in [9.17, 15) is 9.00 Å². The first-order valence-electron chi connectivity index (χ1n) is 6.97. The van der Waals surface area contributed by atoms with Crippen LogP contribution < -0.4 is 10.1 Å². The van der Waals surface area contributed by atoms with E-state index in [0.717, 1.165) is 11.3 Å². The molecule has 1 fully saturated rings. The molecule has 0 aromatic heterocycles. The highest BCUT2D eigenvalue weighted by atomic mass is 32.2. The SMILES string of the molecule is COc1ccccc1C1NC(C)C(=O)N1CC(C)S(C)=O. The molecule has 0 aliphatic carbocycles. The van der Waals surface area contributed by atoms with E-state index in [1.165, 1.54) is 0 Å². The number of nitrogens with one attached hydrogen (secondary N) is 1. The molecule has 0 radical (unpaired) electrons. The van der Waals surface area contributed by atoms with Gasteiger partial charge >= 0.3 is 0 Å².